The highest BCUT2D eigenvalue weighted by Gasteiger charge is 2.29. The zero-order valence-electron chi connectivity index (χ0n) is 7.45. The van der Waals surface area contributed by atoms with Crippen molar-refractivity contribution in [2.75, 3.05) is 26.9 Å². The van der Waals surface area contributed by atoms with Crippen LogP contribution in [-0.2, 0) is 9.47 Å². The summed E-state index contributed by atoms with van der Waals surface area (Å²) in [5, 5.41) is 8.63. The first-order chi connectivity index (χ1) is 5.83. The number of methoxy groups -OCH3 is 1. The lowest BCUT2D eigenvalue weighted by Crippen LogP contribution is -2.36. The molecule has 0 radical (unpaired) electrons. The third-order valence-electron chi connectivity index (χ3n) is 2.27. The van der Waals surface area contributed by atoms with E-state index in [2.05, 4.69) is 0 Å². The van der Waals surface area contributed by atoms with E-state index in [0.717, 1.165) is 26.1 Å². The molecule has 0 aliphatic carbocycles. The Morgan fingerprint density at radius 1 is 1.50 bits per heavy atom. The molecule has 3 heteroatoms. The summed E-state index contributed by atoms with van der Waals surface area (Å²) in [6, 6.07) is 0. The van der Waals surface area contributed by atoms with Gasteiger partial charge in [-0.15, -0.1) is 0 Å². The van der Waals surface area contributed by atoms with E-state index in [1.165, 1.54) is 0 Å². The summed E-state index contributed by atoms with van der Waals surface area (Å²) in [5.41, 5.74) is -0.193. The Morgan fingerprint density at radius 2 is 2.17 bits per heavy atom. The third kappa shape index (κ3) is 2.30. The normalized spacial score (nSPS) is 23.2. The molecule has 0 unspecified atom stereocenters. The summed E-state index contributed by atoms with van der Waals surface area (Å²) >= 11 is 0. The van der Waals surface area contributed by atoms with Crippen LogP contribution in [0.15, 0.2) is 12.2 Å². The maximum absolute atomic E-state index is 8.63. The third-order valence-corrected chi connectivity index (χ3v) is 2.27. The van der Waals surface area contributed by atoms with Crippen LogP contribution in [0.2, 0.25) is 0 Å². The molecule has 0 aromatic carbocycles. The minimum Gasteiger partial charge on any atom is -0.392 e. The van der Waals surface area contributed by atoms with Crippen LogP contribution >= 0.6 is 0 Å². The molecule has 1 heterocycles. The minimum absolute atomic E-state index is 0.0754. The largest absolute Gasteiger partial charge is 0.392 e. The lowest BCUT2D eigenvalue weighted by molar-refractivity contribution is -0.0588. The molecular formula is C9H16O3. The van der Waals surface area contributed by atoms with Crippen molar-refractivity contribution in [3.63, 3.8) is 0 Å². The first-order valence-electron chi connectivity index (χ1n) is 4.24. The summed E-state index contributed by atoms with van der Waals surface area (Å²) in [6.07, 6.45) is 5.42. The molecule has 1 rings (SSSR count). The average molecular weight is 172 g/mol. The van der Waals surface area contributed by atoms with Crippen molar-refractivity contribution in [3.8, 4) is 0 Å². The number of hydrogen-bond donors (Lipinski definition) is 1. The maximum Gasteiger partial charge on any atom is 0.0903 e. The number of aliphatic hydroxyl groups is 1. The second-order valence-electron chi connectivity index (χ2n) is 2.97. The van der Waals surface area contributed by atoms with Gasteiger partial charge < -0.3 is 14.6 Å². The molecule has 1 aliphatic heterocycles. The Morgan fingerprint density at radius 3 is 2.67 bits per heavy atom. The highest BCUT2D eigenvalue weighted by Crippen LogP contribution is 2.25. The predicted octanol–water partition coefficient (Wildman–Crippen LogP) is 0.730. The van der Waals surface area contributed by atoms with Crippen LogP contribution in [0.4, 0.5) is 0 Å². The van der Waals surface area contributed by atoms with Crippen LogP contribution in [-0.4, -0.2) is 37.6 Å². The van der Waals surface area contributed by atoms with Gasteiger partial charge in [-0.25, -0.2) is 0 Å². The Balaban J connectivity index is 2.53. The van der Waals surface area contributed by atoms with Gasteiger partial charge in [0.2, 0.25) is 0 Å². The zero-order valence-corrected chi connectivity index (χ0v) is 7.45. The van der Waals surface area contributed by atoms with Crippen molar-refractivity contribution in [1.82, 2.24) is 0 Å². The van der Waals surface area contributed by atoms with Crippen molar-refractivity contribution >= 4 is 0 Å². The molecule has 1 N–H and O–H groups in total. The van der Waals surface area contributed by atoms with E-state index in [9.17, 15) is 0 Å². The molecule has 1 fully saturated rings. The second kappa shape index (κ2) is 4.60. The number of rotatable bonds is 3. The first-order valence-corrected chi connectivity index (χ1v) is 4.24. The van der Waals surface area contributed by atoms with E-state index < -0.39 is 0 Å². The van der Waals surface area contributed by atoms with Gasteiger partial charge in [0.25, 0.3) is 0 Å². The molecule has 0 spiro atoms. The molecular weight excluding hydrogens is 156 g/mol. The molecule has 70 valence electrons. The van der Waals surface area contributed by atoms with Crippen molar-refractivity contribution in [3.05, 3.63) is 12.2 Å². The maximum atomic E-state index is 8.63. The molecule has 1 aliphatic rings. The van der Waals surface area contributed by atoms with Crippen molar-refractivity contribution in [2.24, 2.45) is 0 Å². The molecule has 0 saturated carbocycles. The highest BCUT2D eigenvalue weighted by atomic mass is 16.5. The van der Waals surface area contributed by atoms with Crippen LogP contribution in [0.3, 0.4) is 0 Å². The molecule has 0 atom stereocenters. The highest BCUT2D eigenvalue weighted by molar-refractivity contribution is 5.03. The van der Waals surface area contributed by atoms with Gasteiger partial charge in [0.05, 0.1) is 12.2 Å². The SMILES string of the molecule is COC1(/C=C/CO)CCOCC1. The van der Waals surface area contributed by atoms with Gasteiger partial charge in [-0.3, -0.25) is 0 Å². The van der Waals surface area contributed by atoms with Crippen LogP contribution in [0.25, 0.3) is 0 Å². The molecule has 12 heavy (non-hydrogen) atoms. The molecule has 0 bridgehead atoms. The fourth-order valence-corrected chi connectivity index (χ4v) is 1.42. The van der Waals surface area contributed by atoms with Crippen LogP contribution < -0.4 is 0 Å². The topological polar surface area (TPSA) is 38.7 Å². The zero-order chi connectivity index (χ0) is 8.86. The first kappa shape index (κ1) is 9.71. The summed E-state index contributed by atoms with van der Waals surface area (Å²) in [6.45, 7) is 1.55. The van der Waals surface area contributed by atoms with Gasteiger partial charge in [-0.2, -0.15) is 0 Å². The summed E-state index contributed by atoms with van der Waals surface area (Å²) in [5.74, 6) is 0. The number of ether oxygens (including phenoxy) is 2. The van der Waals surface area contributed by atoms with E-state index in [0.29, 0.717) is 0 Å². The smallest absolute Gasteiger partial charge is 0.0903 e. The Bertz CT molecular complexity index is 148. The molecule has 0 amide bonds. The Labute approximate surface area is 73.0 Å². The van der Waals surface area contributed by atoms with Gasteiger partial charge in [-0.05, 0) is 0 Å². The molecule has 0 aromatic rings. The van der Waals surface area contributed by atoms with Crippen molar-refractivity contribution in [2.45, 2.75) is 18.4 Å². The second-order valence-corrected chi connectivity index (χ2v) is 2.97. The standard InChI is InChI=1S/C9H16O3/c1-11-9(3-2-6-10)4-7-12-8-5-9/h2-3,10H,4-8H2,1H3/b3-2+. The van der Waals surface area contributed by atoms with Gasteiger partial charge in [-0.1, -0.05) is 12.2 Å². The van der Waals surface area contributed by atoms with Crippen LogP contribution in [0, 0.1) is 0 Å². The monoisotopic (exact) mass is 172 g/mol. The fourth-order valence-electron chi connectivity index (χ4n) is 1.42. The fraction of sp³-hybridized carbons (Fsp3) is 0.778. The Hall–Kier alpha value is -0.380. The van der Waals surface area contributed by atoms with Crippen LogP contribution in [0.5, 0.6) is 0 Å². The summed E-state index contributed by atoms with van der Waals surface area (Å²) in [7, 11) is 1.70. The van der Waals surface area contributed by atoms with Crippen LogP contribution in [0.1, 0.15) is 12.8 Å². The van der Waals surface area contributed by atoms with E-state index >= 15 is 0 Å². The van der Waals surface area contributed by atoms with E-state index in [-0.39, 0.29) is 12.2 Å². The van der Waals surface area contributed by atoms with E-state index in [4.69, 9.17) is 14.6 Å². The Kier molecular flexibility index (Phi) is 3.72. The van der Waals surface area contributed by atoms with E-state index in [1.54, 1.807) is 13.2 Å². The van der Waals surface area contributed by atoms with Crippen molar-refractivity contribution < 1.29 is 14.6 Å². The molecule has 3 nitrogen and oxygen atoms in total. The van der Waals surface area contributed by atoms with Gasteiger partial charge in [0.1, 0.15) is 0 Å². The number of hydrogen-bond acceptors (Lipinski definition) is 3. The summed E-state index contributed by atoms with van der Waals surface area (Å²) in [4.78, 5) is 0. The molecule has 0 aromatic heterocycles. The average Bonchev–Trinajstić information content (AvgIpc) is 2.16. The minimum atomic E-state index is -0.193. The van der Waals surface area contributed by atoms with Crippen molar-refractivity contribution in [1.29, 1.82) is 0 Å². The predicted molar refractivity (Wildman–Crippen MR) is 46.0 cm³/mol. The lowest BCUT2D eigenvalue weighted by Gasteiger charge is -2.33. The quantitative estimate of drug-likeness (QED) is 0.638. The van der Waals surface area contributed by atoms with Gasteiger partial charge in [0.15, 0.2) is 0 Å². The summed E-state index contributed by atoms with van der Waals surface area (Å²) < 4.78 is 10.6. The van der Waals surface area contributed by atoms with E-state index in [1.807, 2.05) is 6.08 Å². The van der Waals surface area contributed by atoms with Gasteiger partial charge >= 0.3 is 0 Å². The lowest BCUT2D eigenvalue weighted by atomic mass is 9.93. The van der Waals surface area contributed by atoms with Gasteiger partial charge in [0, 0.05) is 33.2 Å². The molecule has 1 saturated heterocycles. The number of aliphatic hydroxyl groups excluding tert-OH is 1.